The summed E-state index contributed by atoms with van der Waals surface area (Å²) in [5.41, 5.74) is 5.27. The molecule has 3 N–H and O–H groups in total. The van der Waals surface area contributed by atoms with Gasteiger partial charge in [0.1, 0.15) is 6.04 Å². The number of rotatable bonds is 5. The summed E-state index contributed by atoms with van der Waals surface area (Å²) < 4.78 is 0. The fourth-order valence-corrected chi connectivity index (χ4v) is 2.06. The summed E-state index contributed by atoms with van der Waals surface area (Å²) in [5, 5.41) is 12.0. The van der Waals surface area contributed by atoms with Crippen molar-refractivity contribution in [1.82, 2.24) is 10.2 Å². The molecule has 0 spiro atoms. The van der Waals surface area contributed by atoms with Gasteiger partial charge in [0.25, 0.3) is 0 Å². The van der Waals surface area contributed by atoms with E-state index >= 15 is 0 Å². The molecule has 16 heavy (non-hydrogen) atoms. The van der Waals surface area contributed by atoms with Crippen LogP contribution in [0.25, 0.3) is 0 Å². The number of likely N-dealkylation sites (tertiary alicyclic amines) is 1. The number of likely N-dealkylation sites (N-methyl/N-ethyl adjacent to an activating group) is 1. The highest BCUT2D eigenvalue weighted by molar-refractivity contribution is 5.76. The van der Waals surface area contributed by atoms with Crippen molar-refractivity contribution in [3.63, 3.8) is 0 Å². The molecule has 1 rings (SSSR count). The van der Waals surface area contributed by atoms with E-state index in [0.717, 1.165) is 39.0 Å². The maximum atomic E-state index is 11.0. The van der Waals surface area contributed by atoms with Crippen molar-refractivity contribution < 1.29 is 4.79 Å². The molecule has 0 aromatic carbocycles. The highest BCUT2D eigenvalue weighted by Gasteiger charge is 2.24. The van der Waals surface area contributed by atoms with E-state index in [-0.39, 0.29) is 17.9 Å². The maximum Gasteiger partial charge on any atom is 0.220 e. The Balaban J connectivity index is 2.31. The van der Waals surface area contributed by atoms with E-state index in [2.05, 4.69) is 16.3 Å². The van der Waals surface area contributed by atoms with Gasteiger partial charge in [0.2, 0.25) is 5.91 Å². The van der Waals surface area contributed by atoms with Crippen LogP contribution < -0.4 is 11.1 Å². The Hall–Kier alpha value is -1.12. The van der Waals surface area contributed by atoms with Gasteiger partial charge in [-0.25, -0.2) is 0 Å². The van der Waals surface area contributed by atoms with Gasteiger partial charge in [0, 0.05) is 12.5 Å². The van der Waals surface area contributed by atoms with Crippen LogP contribution in [0.3, 0.4) is 0 Å². The number of nitriles is 1. The van der Waals surface area contributed by atoms with Gasteiger partial charge >= 0.3 is 0 Å². The van der Waals surface area contributed by atoms with Gasteiger partial charge in [0.15, 0.2) is 0 Å². The van der Waals surface area contributed by atoms with E-state index in [1.807, 2.05) is 6.92 Å². The summed E-state index contributed by atoms with van der Waals surface area (Å²) in [7, 11) is 0. The summed E-state index contributed by atoms with van der Waals surface area (Å²) in [6.07, 6.45) is 1.64. The average Bonchev–Trinajstić information content (AvgIpc) is 2.29. The standard InChI is InChI=1S/C11H20N4O/c1-2-14-10(7-12)8-15-5-3-9(4-6-15)11(13)16/h9-10,14H,2-6,8H2,1H3,(H2,13,16). The second-order valence-electron chi connectivity index (χ2n) is 4.22. The van der Waals surface area contributed by atoms with E-state index in [0.29, 0.717) is 0 Å². The van der Waals surface area contributed by atoms with Crippen LogP contribution in [-0.4, -0.2) is 43.0 Å². The van der Waals surface area contributed by atoms with Gasteiger partial charge < -0.3 is 16.0 Å². The Labute approximate surface area is 96.6 Å². The molecule has 0 saturated carbocycles. The molecule has 0 aliphatic carbocycles. The van der Waals surface area contributed by atoms with Crippen LogP contribution in [0.5, 0.6) is 0 Å². The molecule has 1 amide bonds. The van der Waals surface area contributed by atoms with Crippen molar-refractivity contribution in [2.45, 2.75) is 25.8 Å². The van der Waals surface area contributed by atoms with Crippen molar-refractivity contribution in [2.75, 3.05) is 26.2 Å². The second kappa shape index (κ2) is 6.46. The van der Waals surface area contributed by atoms with Crippen LogP contribution in [0.15, 0.2) is 0 Å². The normalized spacial score (nSPS) is 20.2. The number of carbonyl (C=O) groups excluding carboxylic acids is 1. The molecule has 1 aliphatic heterocycles. The quantitative estimate of drug-likeness (QED) is 0.671. The minimum atomic E-state index is -0.192. The van der Waals surface area contributed by atoms with Crippen molar-refractivity contribution in [3.05, 3.63) is 0 Å². The molecule has 1 heterocycles. The van der Waals surface area contributed by atoms with Crippen molar-refractivity contribution in [3.8, 4) is 6.07 Å². The lowest BCUT2D eigenvalue weighted by Gasteiger charge is -2.31. The van der Waals surface area contributed by atoms with Crippen LogP contribution in [0.2, 0.25) is 0 Å². The van der Waals surface area contributed by atoms with Gasteiger partial charge in [0.05, 0.1) is 6.07 Å². The topological polar surface area (TPSA) is 82.2 Å². The molecule has 1 saturated heterocycles. The maximum absolute atomic E-state index is 11.0. The number of piperidine rings is 1. The molecule has 5 nitrogen and oxygen atoms in total. The van der Waals surface area contributed by atoms with Crippen LogP contribution >= 0.6 is 0 Å². The summed E-state index contributed by atoms with van der Waals surface area (Å²) in [6.45, 7) is 5.24. The molecular formula is C11H20N4O. The predicted molar refractivity (Wildman–Crippen MR) is 61.4 cm³/mol. The zero-order valence-electron chi connectivity index (χ0n) is 9.78. The first kappa shape index (κ1) is 12.9. The third-order valence-corrected chi connectivity index (χ3v) is 3.04. The number of primary amides is 1. The van der Waals surface area contributed by atoms with Gasteiger partial charge in [-0.1, -0.05) is 6.92 Å². The zero-order chi connectivity index (χ0) is 12.0. The van der Waals surface area contributed by atoms with E-state index < -0.39 is 0 Å². The van der Waals surface area contributed by atoms with Crippen LogP contribution in [-0.2, 0) is 4.79 Å². The molecule has 0 aromatic heterocycles. The van der Waals surface area contributed by atoms with E-state index in [4.69, 9.17) is 11.0 Å². The summed E-state index contributed by atoms with van der Waals surface area (Å²) in [4.78, 5) is 13.2. The Morgan fingerprint density at radius 3 is 2.69 bits per heavy atom. The minimum Gasteiger partial charge on any atom is -0.369 e. The largest absolute Gasteiger partial charge is 0.369 e. The molecule has 0 bridgehead atoms. The Bertz CT molecular complexity index is 266. The first-order chi connectivity index (χ1) is 7.67. The monoisotopic (exact) mass is 224 g/mol. The lowest BCUT2D eigenvalue weighted by atomic mass is 9.96. The molecule has 90 valence electrons. The lowest BCUT2D eigenvalue weighted by Crippen LogP contribution is -2.45. The number of carbonyl (C=O) groups is 1. The molecule has 0 aromatic rings. The number of amides is 1. The van der Waals surface area contributed by atoms with E-state index in [1.54, 1.807) is 0 Å². The van der Waals surface area contributed by atoms with Gasteiger partial charge in [-0.2, -0.15) is 5.26 Å². The summed E-state index contributed by atoms with van der Waals surface area (Å²) >= 11 is 0. The summed E-state index contributed by atoms with van der Waals surface area (Å²) in [5.74, 6) is -0.168. The first-order valence-corrected chi connectivity index (χ1v) is 5.82. The number of nitrogens with one attached hydrogen (secondary N) is 1. The fraction of sp³-hybridized carbons (Fsp3) is 0.818. The number of nitrogens with zero attached hydrogens (tertiary/aromatic N) is 2. The first-order valence-electron chi connectivity index (χ1n) is 5.82. The van der Waals surface area contributed by atoms with E-state index in [1.165, 1.54) is 0 Å². The highest BCUT2D eigenvalue weighted by Crippen LogP contribution is 2.16. The Kier molecular flexibility index (Phi) is 5.23. The SMILES string of the molecule is CCNC(C#N)CN1CCC(C(N)=O)CC1. The van der Waals surface area contributed by atoms with Crippen LogP contribution in [0.4, 0.5) is 0 Å². The highest BCUT2D eigenvalue weighted by atomic mass is 16.1. The number of nitrogens with two attached hydrogens (primary N) is 1. The zero-order valence-corrected chi connectivity index (χ0v) is 9.78. The molecule has 1 atom stereocenters. The van der Waals surface area contributed by atoms with Gasteiger partial charge in [-0.3, -0.25) is 4.79 Å². The van der Waals surface area contributed by atoms with Crippen molar-refractivity contribution in [2.24, 2.45) is 11.7 Å². The second-order valence-corrected chi connectivity index (χ2v) is 4.22. The van der Waals surface area contributed by atoms with Crippen molar-refractivity contribution in [1.29, 1.82) is 5.26 Å². The third-order valence-electron chi connectivity index (χ3n) is 3.04. The average molecular weight is 224 g/mol. The number of hydrogen-bond acceptors (Lipinski definition) is 4. The Morgan fingerprint density at radius 2 is 2.25 bits per heavy atom. The van der Waals surface area contributed by atoms with E-state index in [9.17, 15) is 4.79 Å². The van der Waals surface area contributed by atoms with Gasteiger partial charge in [-0.15, -0.1) is 0 Å². The molecule has 0 radical (unpaired) electrons. The summed E-state index contributed by atoms with van der Waals surface area (Å²) in [6, 6.07) is 2.12. The van der Waals surface area contributed by atoms with Gasteiger partial charge in [-0.05, 0) is 32.5 Å². The molecule has 5 heteroatoms. The molecular weight excluding hydrogens is 204 g/mol. The molecule has 1 unspecified atom stereocenters. The fourth-order valence-electron chi connectivity index (χ4n) is 2.06. The predicted octanol–water partition coefficient (Wildman–Crippen LogP) is -0.315. The molecule has 1 fully saturated rings. The number of hydrogen-bond donors (Lipinski definition) is 2. The lowest BCUT2D eigenvalue weighted by molar-refractivity contribution is -0.123. The smallest absolute Gasteiger partial charge is 0.220 e. The molecule has 1 aliphatic rings. The minimum absolute atomic E-state index is 0.0240. The Morgan fingerprint density at radius 1 is 1.62 bits per heavy atom. The van der Waals surface area contributed by atoms with Crippen LogP contribution in [0, 0.1) is 17.2 Å². The van der Waals surface area contributed by atoms with Crippen LogP contribution in [0.1, 0.15) is 19.8 Å². The van der Waals surface area contributed by atoms with Crippen molar-refractivity contribution >= 4 is 5.91 Å². The third kappa shape index (κ3) is 3.80.